The summed E-state index contributed by atoms with van der Waals surface area (Å²) in [6, 6.07) is 8.01. The van der Waals surface area contributed by atoms with Gasteiger partial charge in [-0.3, -0.25) is 19.4 Å². The number of carbonyl (C=O) groups is 1. The van der Waals surface area contributed by atoms with Gasteiger partial charge in [0, 0.05) is 30.7 Å². The fourth-order valence-electron chi connectivity index (χ4n) is 3.10. The molecule has 7 nitrogen and oxygen atoms in total. The van der Waals surface area contributed by atoms with Crippen LogP contribution >= 0.6 is 0 Å². The highest BCUT2D eigenvalue weighted by Gasteiger charge is 2.26. The molecular weight excluding hydrogens is 318 g/mol. The summed E-state index contributed by atoms with van der Waals surface area (Å²) in [5.41, 5.74) is 1.81. The molecule has 128 valence electrons. The van der Waals surface area contributed by atoms with Crippen LogP contribution in [0.3, 0.4) is 0 Å². The first-order valence-electron chi connectivity index (χ1n) is 8.37. The van der Waals surface area contributed by atoms with Gasteiger partial charge in [-0.2, -0.15) is 5.10 Å². The highest BCUT2D eigenvalue weighted by atomic mass is 16.5. The molecule has 1 fully saturated rings. The summed E-state index contributed by atoms with van der Waals surface area (Å²) >= 11 is 0. The van der Waals surface area contributed by atoms with Crippen molar-refractivity contribution in [2.24, 2.45) is 0 Å². The average molecular weight is 337 g/mol. The number of morpholine rings is 1. The summed E-state index contributed by atoms with van der Waals surface area (Å²) in [5.74, 6) is 0.108. The number of para-hydroxylation sites is 1. The van der Waals surface area contributed by atoms with Gasteiger partial charge in [0.25, 0.3) is 0 Å². The number of ether oxygens (including phenoxy) is 1. The van der Waals surface area contributed by atoms with Gasteiger partial charge in [0.15, 0.2) is 0 Å². The highest BCUT2D eigenvalue weighted by molar-refractivity contribution is 5.79. The van der Waals surface area contributed by atoms with Crippen LogP contribution in [0.1, 0.15) is 18.2 Å². The molecule has 2 aromatic heterocycles. The number of carbonyl (C=O) groups excluding carboxylic acids is 1. The van der Waals surface area contributed by atoms with Gasteiger partial charge in [0.2, 0.25) is 5.91 Å². The Morgan fingerprint density at radius 1 is 1.24 bits per heavy atom. The Morgan fingerprint density at radius 3 is 3.04 bits per heavy atom. The standard InChI is InChI=1S/C18H19N5O2/c24-18(5-8-23-16-4-2-1-3-14(16)11-21-23)22-9-10-25-17(13-22)15-12-19-6-7-20-15/h1-4,6-7,11-12,17H,5,8-10,13H2/t17-/m0/s1. The van der Waals surface area contributed by atoms with Crippen LogP contribution in [0.25, 0.3) is 10.9 Å². The van der Waals surface area contributed by atoms with E-state index in [4.69, 9.17) is 4.74 Å². The van der Waals surface area contributed by atoms with E-state index in [1.54, 1.807) is 18.6 Å². The van der Waals surface area contributed by atoms with E-state index in [0.29, 0.717) is 32.7 Å². The van der Waals surface area contributed by atoms with Crippen molar-refractivity contribution < 1.29 is 9.53 Å². The van der Waals surface area contributed by atoms with Crippen LogP contribution < -0.4 is 0 Å². The van der Waals surface area contributed by atoms with Gasteiger partial charge in [0.05, 0.1) is 43.3 Å². The molecule has 0 aliphatic carbocycles. The fraction of sp³-hybridized carbons (Fsp3) is 0.333. The first-order chi connectivity index (χ1) is 12.3. The van der Waals surface area contributed by atoms with Crippen molar-refractivity contribution in [3.63, 3.8) is 0 Å². The van der Waals surface area contributed by atoms with E-state index in [1.165, 1.54) is 0 Å². The van der Waals surface area contributed by atoms with E-state index in [0.717, 1.165) is 16.6 Å². The van der Waals surface area contributed by atoms with Crippen LogP contribution in [0.2, 0.25) is 0 Å². The molecule has 1 aromatic carbocycles. The zero-order valence-corrected chi connectivity index (χ0v) is 13.8. The van der Waals surface area contributed by atoms with Gasteiger partial charge in [-0.25, -0.2) is 0 Å². The zero-order chi connectivity index (χ0) is 17.1. The van der Waals surface area contributed by atoms with Crippen LogP contribution in [0.5, 0.6) is 0 Å². The number of hydrogen-bond donors (Lipinski definition) is 0. The van der Waals surface area contributed by atoms with Crippen molar-refractivity contribution in [3.05, 3.63) is 54.7 Å². The molecule has 4 rings (SSSR count). The number of aromatic nitrogens is 4. The molecule has 0 N–H and O–H groups in total. The summed E-state index contributed by atoms with van der Waals surface area (Å²) in [5, 5.41) is 5.46. The Labute approximate surface area is 145 Å². The third-order valence-electron chi connectivity index (χ3n) is 4.42. The largest absolute Gasteiger partial charge is 0.368 e. The average Bonchev–Trinajstić information content (AvgIpc) is 3.10. The molecule has 1 aliphatic heterocycles. The smallest absolute Gasteiger partial charge is 0.224 e. The summed E-state index contributed by atoms with van der Waals surface area (Å²) in [4.78, 5) is 22.8. The summed E-state index contributed by atoms with van der Waals surface area (Å²) < 4.78 is 7.62. The third kappa shape index (κ3) is 3.36. The Balaban J connectivity index is 1.39. The minimum Gasteiger partial charge on any atom is -0.368 e. The lowest BCUT2D eigenvalue weighted by Gasteiger charge is -2.32. The molecule has 0 radical (unpaired) electrons. The predicted molar refractivity (Wildman–Crippen MR) is 91.7 cm³/mol. The molecule has 1 aliphatic rings. The van der Waals surface area contributed by atoms with Crippen LogP contribution in [-0.4, -0.2) is 50.3 Å². The molecule has 1 saturated heterocycles. The Bertz CT molecular complexity index is 864. The number of rotatable bonds is 4. The first kappa shape index (κ1) is 15.7. The fourth-order valence-corrected chi connectivity index (χ4v) is 3.10. The van der Waals surface area contributed by atoms with Gasteiger partial charge in [0.1, 0.15) is 6.10 Å². The minimum atomic E-state index is -0.211. The molecule has 0 saturated carbocycles. The Kier molecular flexibility index (Phi) is 4.39. The number of hydrogen-bond acceptors (Lipinski definition) is 5. The van der Waals surface area contributed by atoms with Crippen molar-refractivity contribution in [1.82, 2.24) is 24.6 Å². The van der Waals surface area contributed by atoms with Crippen molar-refractivity contribution in [2.75, 3.05) is 19.7 Å². The lowest BCUT2D eigenvalue weighted by molar-refractivity contribution is -0.139. The number of fused-ring (bicyclic) bond motifs is 1. The molecule has 0 spiro atoms. The normalized spacial score (nSPS) is 17.8. The van der Waals surface area contributed by atoms with Crippen molar-refractivity contribution >= 4 is 16.8 Å². The Hall–Kier alpha value is -2.80. The number of nitrogens with zero attached hydrogens (tertiary/aromatic N) is 5. The second-order valence-electron chi connectivity index (χ2n) is 6.01. The predicted octanol–water partition coefficient (Wildman–Crippen LogP) is 1.82. The maximum Gasteiger partial charge on any atom is 0.224 e. The molecule has 0 bridgehead atoms. The van der Waals surface area contributed by atoms with E-state index in [-0.39, 0.29) is 12.0 Å². The van der Waals surface area contributed by atoms with Crippen LogP contribution in [0.15, 0.2) is 49.1 Å². The first-order valence-corrected chi connectivity index (χ1v) is 8.37. The lowest BCUT2D eigenvalue weighted by atomic mass is 10.2. The number of aryl methyl sites for hydroxylation is 1. The molecule has 0 unspecified atom stereocenters. The monoisotopic (exact) mass is 337 g/mol. The summed E-state index contributed by atoms with van der Waals surface area (Å²) in [6.07, 6.45) is 7.00. The van der Waals surface area contributed by atoms with Crippen molar-refractivity contribution in [3.8, 4) is 0 Å². The maximum atomic E-state index is 12.6. The van der Waals surface area contributed by atoms with E-state index in [2.05, 4.69) is 15.1 Å². The van der Waals surface area contributed by atoms with E-state index < -0.39 is 0 Å². The summed E-state index contributed by atoms with van der Waals surface area (Å²) in [6.45, 7) is 2.20. The van der Waals surface area contributed by atoms with Gasteiger partial charge in [-0.15, -0.1) is 0 Å². The highest BCUT2D eigenvalue weighted by Crippen LogP contribution is 2.20. The summed E-state index contributed by atoms with van der Waals surface area (Å²) in [7, 11) is 0. The number of amides is 1. The molecule has 7 heteroatoms. The van der Waals surface area contributed by atoms with Crippen LogP contribution in [0.4, 0.5) is 0 Å². The van der Waals surface area contributed by atoms with Gasteiger partial charge >= 0.3 is 0 Å². The molecule has 3 heterocycles. The molecule has 3 aromatic rings. The minimum absolute atomic E-state index is 0.108. The topological polar surface area (TPSA) is 73.1 Å². The van der Waals surface area contributed by atoms with Crippen molar-refractivity contribution in [1.29, 1.82) is 0 Å². The lowest BCUT2D eigenvalue weighted by Crippen LogP contribution is -2.42. The zero-order valence-electron chi connectivity index (χ0n) is 13.8. The number of benzene rings is 1. The van der Waals surface area contributed by atoms with Gasteiger partial charge in [-0.1, -0.05) is 18.2 Å². The second kappa shape index (κ2) is 6.98. The van der Waals surface area contributed by atoms with Crippen LogP contribution in [0, 0.1) is 0 Å². The van der Waals surface area contributed by atoms with E-state index in [9.17, 15) is 4.79 Å². The van der Waals surface area contributed by atoms with E-state index in [1.807, 2.05) is 40.0 Å². The van der Waals surface area contributed by atoms with Gasteiger partial charge < -0.3 is 9.64 Å². The molecule has 1 amide bonds. The maximum absolute atomic E-state index is 12.6. The van der Waals surface area contributed by atoms with Gasteiger partial charge in [-0.05, 0) is 6.07 Å². The SMILES string of the molecule is O=C(CCn1ncc2ccccc21)N1CCO[C@H](c2cnccn2)C1. The second-order valence-corrected chi connectivity index (χ2v) is 6.01. The third-order valence-corrected chi connectivity index (χ3v) is 4.42. The Morgan fingerprint density at radius 2 is 2.16 bits per heavy atom. The molecular formula is C18H19N5O2. The molecule has 25 heavy (non-hydrogen) atoms. The van der Waals surface area contributed by atoms with Crippen LogP contribution in [-0.2, 0) is 16.1 Å². The van der Waals surface area contributed by atoms with Crippen molar-refractivity contribution in [2.45, 2.75) is 19.1 Å². The van der Waals surface area contributed by atoms with E-state index >= 15 is 0 Å². The quantitative estimate of drug-likeness (QED) is 0.726. The molecule has 1 atom stereocenters.